The van der Waals surface area contributed by atoms with Crippen LogP contribution in [-0.4, -0.2) is 37.9 Å². The van der Waals surface area contributed by atoms with Crippen molar-refractivity contribution in [3.63, 3.8) is 0 Å². The Morgan fingerprint density at radius 1 is 1.27 bits per heavy atom. The molecule has 1 saturated carbocycles. The quantitative estimate of drug-likeness (QED) is 0.601. The average Bonchev–Trinajstić information content (AvgIpc) is 2.12. The Morgan fingerprint density at radius 3 is 2.60 bits per heavy atom. The number of hydrogen-bond acceptors (Lipinski definition) is 3. The molecule has 1 aliphatic rings. The van der Waals surface area contributed by atoms with E-state index in [0.717, 1.165) is 19.7 Å². The minimum Gasteiger partial charge on any atom is -0.378 e. The van der Waals surface area contributed by atoms with Gasteiger partial charge in [0.15, 0.2) is 0 Å². The molecule has 90 valence electrons. The number of nitrogens with one attached hydrogen (secondary N) is 2. The second-order valence-corrected chi connectivity index (χ2v) is 4.66. The van der Waals surface area contributed by atoms with Gasteiger partial charge in [0.1, 0.15) is 0 Å². The summed E-state index contributed by atoms with van der Waals surface area (Å²) in [7, 11) is 0. The fraction of sp³-hybridized carbons (Fsp3) is 1.00. The summed E-state index contributed by atoms with van der Waals surface area (Å²) in [5.41, 5.74) is 0. The van der Waals surface area contributed by atoms with E-state index < -0.39 is 0 Å². The minimum atomic E-state index is 0.529. The van der Waals surface area contributed by atoms with Gasteiger partial charge in [0.05, 0.1) is 6.10 Å². The monoisotopic (exact) mass is 214 g/mol. The second kappa shape index (κ2) is 7.20. The molecule has 2 N–H and O–H groups in total. The van der Waals surface area contributed by atoms with E-state index in [4.69, 9.17) is 4.74 Å². The molecule has 0 radical (unpaired) electrons. The first kappa shape index (κ1) is 12.9. The van der Waals surface area contributed by atoms with Gasteiger partial charge in [-0.1, -0.05) is 13.8 Å². The largest absolute Gasteiger partial charge is 0.378 e. The minimum absolute atomic E-state index is 0.529. The number of hydrogen-bond donors (Lipinski definition) is 2. The highest BCUT2D eigenvalue weighted by Crippen LogP contribution is 2.22. The van der Waals surface area contributed by atoms with Gasteiger partial charge in [-0.3, -0.25) is 0 Å². The maximum atomic E-state index is 5.51. The molecule has 0 saturated heterocycles. The van der Waals surface area contributed by atoms with Gasteiger partial charge in [-0.25, -0.2) is 0 Å². The van der Waals surface area contributed by atoms with Crippen LogP contribution in [0.3, 0.4) is 0 Å². The molecule has 15 heavy (non-hydrogen) atoms. The van der Waals surface area contributed by atoms with Gasteiger partial charge in [-0.15, -0.1) is 0 Å². The van der Waals surface area contributed by atoms with E-state index in [-0.39, 0.29) is 0 Å². The van der Waals surface area contributed by atoms with Crippen molar-refractivity contribution in [2.24, 2.45) is 0 Å². The zero-order chi connectivity index (χ0) is 11.1. The van der Waals surface area contributed by atoms with E-state index in [2.05, 4.69) is 31.4 Å². The van der Waals surface area contributed by atoms with E-state index in [1.165, 1.54) is 19.3 Å². The van der Waals surface area contributed by atoms with Crippen molar-refractivity contribution < 1.29 is 4.74 Å². The standard InChI is InChI=1S/C12H26N2O/c1-4-15-12-8-11(9-12)14-7-5-6-13-10(2)3/h10-14H,4-9H2,1-3H3. The summed E-state index contributed by atoms with van der Waals surface area (Å²) in [6, 6.07) is 1.32. The van der Waals surface area contributed by atoms with Crippen molar-refractivity contribution in [3.8, 4) is 0 Å². The lowest BCUT2D eigenvalue weighted by atomic mass is 9.89. The first-order valence-corrected chi connectivity index (χ1v) is 6.30. The van der Waals surface area contributed by atoms with Crippen LogP contribution in [0.4, 0.5) is 0 Å². The Morgan fingerprint density at radius 2 is 2.00 bits per heavy atom. The molecule has 1 rings (SSSR count). The van der Waals surface area contributed by atoms with Gasteiger partial charge in [0, 0.05) is 18.7 Å². The molecule has 0 atom stereocenters. The highest BCUT2D eigenvalue weighted by molar-refractivity contribution is 4.85. The lowest BCUT2D eigenvalue weighted by molar-refractivity contribution is -0.00972. The molecule has 0 heterocycles. The lowest BCUT2D eigenvalue weighted by Crippen LogP contribution is -2.46. The molecule has 1 aliphatic carbocycles. The summed E-state index contributed by atoms with van der Waals surface area (Å²) < 4.78 is 5.51. The van der Waals surface area contributed by atoms with E-state index in [1.807, 2.05) is 0 Å². The third-order valence-corrected chi connectivity index (χ3v) is 2.84. The fourth-order valence-corrected chi connectivity index (χ4v) is 1.89. The van der Waals surface area contributed by atoms with Gasteiger partial charge in [0.25, 0.3) is 0 Å². The van der Waals surface area contributed by atoms with E-state index in [1.54, 1.807) is 0 Å². The Balaban J connectivity index is 1.82. The lowest BCUT2D eigenvalue weighted by Gasteiger charge is -2.35. The van der Waals surface area contributed by atoms with Gasteiger partial charge < -0.3 is 15.4 Å². The van der Waals surface area contributed by atoms with Crippen LogP contribution in [0.1, 0.15) is 40.0 Å². The molecule has 0 amide bonds. The van der Waals surface area contributed by atoms with Crippen molar-refractivity contribution in [2.75, 3.05) is 19.7 Å². The molecular formula is C12H26N2O. The third-order valence-electron chi connectivity index (χ3n) is 2.84. The van der Waals surface area contributed by atoms with Gasteiger partial charge in [-0.05, 0) is 39.3 Å². The van der Waals surface area contributed by atoms with Crippen LogP contribution >= 0.6 is 0 Å². The molecule has 0 aromatic rings. The van der Waals surface area contributed by atoms with Gasteiger partial charge >= 0.3 is 0 Å². The van der Waals surface area contributed by atoms with Crippen LogP contribution < -0.4 is 10.6 Å². The van der Waals surface area contributed by atoms with Gasteiger partial charge in [0.2, 0.25) is 0 Å². The molecule has 0 spiro atoms. The average molecular weight is 214 g/mol. The molecule has 0 unspecified atom stereocenters. The predicted molar refractivity (Wildman–Crippen MR) is 64.2 cm³/mol. The SMILES string of the molecule is CCOC1CC(NCCCNC(C)C)C1. The summed E-state index contributed by atoms with van der Waals surface area (Å²) in [6.07, 6.45) is 4.14. The van der Waals surface area contributed by atoms with Crippen LogP contribution in [0.5, 0.6) is 0 Å². The Hall–Kier alpha value is -0.120. The normalized spacial score (nSPS) is 25.6. The summed E-state index contributed by atoms with van der Waals surface area (Å²) >= 11 is 0. The van der Waals surface area contributed by atoms with Crippen molar-refractivity contribution in [3.05, 3.63) is 0 Å². The highest BCUT2D eigenvalue weighted by Gasteiger charge is 2.28. The maximum absolute atomic E-state index is 5.51. The summed E-state index contributed by atoms with van der Waals surface area (Å²) in [4.78, 5) is 0. The van der Waals surface area contributed by atoms with Crippen LogP contribution in [0.25, 0.3) is 0 Å². The van der Waals surface area contributed by atoms with Crippen LogP contribution in [0, 0.1) is 0 Å². The van der Waals surface area contributed by atoms with Crippen molar-refractivity contribution in [1.82, 2.24) is 10.6 Å². The third kappa shape index (κ3) is 5.50. The molecule has 0 aromatic carbocycles. The number of ether oxygens (including phenoxy) is 1. The zero-order valence-electron chi connectivity index (χ0n) is 10.4. The summed E-state index contributed by atoms with van der Waals surface area (Å²) in [5, 5.41) is 6.98. The van der Waals surface area contributed by atoms with Crippen LogP contribution in [0.2, 0.25) is 0 Å². The molecule has 0 aromatic heterocycles. The summed E-state index contributed by atoms with van der Waals surface area (Å²) in [6.45, 7) is 9.54. The molecule has 3 heteroatoms. The second-order valence-electron chi connectivity index (χ2n) is 4.66. The zero-order valence-corrected chi connectivity index (χ0v) is 10.4. The van der Waals surface area contributed by atoms with Gasteiger partial charge in [-0.2, -0.15) is 0 Å². The Kier molecular flexibility index (Phi) is 6.22. The van der Waals surface area contributed by atoms with Crippen molar-refractivity contribution in [1.29, 1.82) is 0 Å². The van der Waals surface area contributed by atoms with Crippen LogP contribution in [-0.2, 0) is 4.74 Å². The molecule has 1 fully saturated rings. The highest BCUT2D eigenvalue weighted by atomic mass is 16.5. The van der Waals surface area contributed by atoms with E-state index in [0.29, 0.717) is 18.2 Å². The van der Waals surface area contributed by atoms with Crippen LogP contribution in [0.15, 0.2) is 0 Å². The predicted octanol–water partition coefficient (Wildman–Crippen LogP) is 1.53. The maximum Gasteiger partial charge on any atom is 0.0604 e. The molecule has 0 bridgehead atoms. The molecule has 0 aliphatic heterocycles. The topological polar surface area (TPSA) is 33.3 Å². The van der Waals surface area contributed by atoms with E-state index >= 15 is 0 Å². The Labute approximate surface area is 94.0 Å². The first-order valence-electron chi connectivity index (χ1n) is 6.30. The van der Waals surface area contributed by atoms with Crippen molar-refractivity contribution >= 4 is 0 Å². The fourth-order valence-electron chi connectivity index (χ4n) is 1.89. The smallest absolute Gasteiger partial charge is 0.0604 e. The molecular weight excluding hydrogens is 188 g/mol. The Bertz CT molecular complexity index is 156. The number of rotatable bonds is 8. The van der Waals surface area contributed by atoms with Crippen molar-refractivity contribution in [2.45, 2.75) is 58.2 Å². The first-order chi connectivity index (χ1) is 7.22. The summed E-state index contributed by atoms with van der Waals surface area (Å²) in [5.74, 6) is 0. The molecule has 3 nitrogen and oxygen atoms in total. The van der Waals surface area contributed by atoms with E-state index in [9.17, 15) is 0 Å².